The maximum absolute atomic E-state index is 12.6. The molecule has 1 heterocycles. The summed E-state index contributed by atoms with van der Waals surface area (Å²) in [6.45, 7) is 0.869. The van der Waals surface area contributed by atoms with E-state index >= 15 is 0 Å². The molecule has 0 saturated carbocycles. The smallest absolute Gasteiger partial charge is 0.382 e. The molecule has 1 amide bonds. The van der Waals surface area contributed by atoms with Crippen LogP contribution in [0.4, 0.5) is 32.0 Å². The van der Waals surface area contributed by atoms with Crippen LogP contribution in [0.15, 0.2) is 22.5 Å². The Morgan fingerprint density at radius 3 is 2.52 bits per heavy atom. The number of methoxy groups -OCH3 is 1. The predicted octanol–water partition coefficient (Wildman–Crippen LogP) is 5.08. The molecular formula is C16H16F6N2O3S2. The Morgan fingerprint density at radius 2 is 1.90 bits per heavy atom. The first kappa shape index (κ1) is 23.7. The topological polar surface area (TPSA) is 60.5 Å². The van der Waals surface area contributed by atoms with Crippen molar-refractivity contribution in [2.75, 3.05) is 31.6 Å². The number of thioether (sulfide) groups is 1. The van der Waals surface area contributed by atoms with E-state index in [1.54, 1.807) is 7.11 Å². The SMILES string of the molecule is COCCOCSc1nc2ccc(NC(=O)CC(C(F)(F)F)C(F)(F)F)cc2s1. The molecule has 0 aliphatic heterocycles. The summed E-state index contributed by atoms with van der Waals surface area (Å²) < 4.78 is 86.8. The fourth-order valence-electron chi connectivity index (χ4n) is 2.15. The zero-order chi connectivity index (χ0) is 21.7. The summed E-state index contributed by atoms with van der Waals surface area (Å²) in [5.74, 6) is -4.76. The van der Waals surface area contributed by atoms with Gasteiger partial charge < -0.3 is 14.8 Å². The Hall–Kier alpha value is -1.57. The fraction of sp³-hybridized carbons (Fsp3) is 0.500. The number of aromatic nitrogens is 1. The Labute approximate surface area is 169 Å². The number of ether oxygens (including phenoxy) is 2. The van der Waals surface area contributed by atoms with Gasteiger partial charge in [0.15, 0.2) is 10.3 Å². The van der Waals surface area contributed by atoms with Gasteiger partial charge in [-0.3, -0.25) is 4.79 Å². The number of nitrogens with one attached hydrogen (secondary N) is 1. The number of carbonyl (C=O) groups excluding carboxylic acids is 1. The van der Waals surface area contributed by atoms with Crippen molar-refractivity contribution < 1.29 is 40.6 Å². The van der Waals surface area contributed by atoms with Crippen molar-refractivity contribution in [3.63, 3.8) is 0 Å². The lowest BCUT2D eigenvalue weighted by Gasteiger charge is -2.22. The summed E-state index contributed by atoms with van der Waals surface area (Å²) in [7, 11) is 1.55. The van der Waals surface area contributed by atoms with Crippen LogP contribution in [0.2, 0.25) is 0 Å². The normalized spacial score (nSPS) is 12.7. The van der Waals surface area contributed by atoms with Gasteiger partial charge in [-0.1, -0.05) is 11.8 Å². The Morgan fingerprint density at radius 1 is 1.21 bits per heavy atom. The largest absolute Gasteiger partial charge is 0.400 e. The molecule has 0 unspecified atom stereocenters. The first-order chi connectivity index (χ1) is 13.5. The van der Waals surface area contributed by atoms with Crippen LogP contribution < -0.4 is 5.32 Å². The highest BCUT2D eigenvalue weighted by molar-refractivity contribution is 8.01. The molecule has 13 heteroatoms. The summed E-state index contributed by atoms with van der Waals surface area (Å²) >= 11 is 2.58. The first-order valence-corrected chi connectivity index (χ1v) is 9.84. The molecule has 0 spiro atoms. The molecule has 29 heavy (non-hydrogen) atoms. The van der Waals surface area contributed by atoms with Gasteiger partial charge in [-0.2, -0.15) is 26.3 Å². The van der Waals surface area contributed by atoms with E-state index in [1.165, 1.54) is 41.3 Å². The molecule has 1 N–H and O–H groups in total. The molecule has 0 atom stereocenters. The summed E-state index contributed by atoms with van der Waals surface area (Å²) in [6.07, 6.45) is -12.9. The molecule has 0 bridgehead atoms. The van der Waals surface area contributed by atoms with Gasteiger partial charge in [0.2, 0.25) is 5.91 Å². The van der Waals surface area contributed by atoms with Crippen LogP contribution in [-0.2, 0) is 14.3 Å². The molecular weight excluding hydrogens is 446 g/mol. The van der Waals surface area contributed by atoms with Gasteiger partial charge in [0.1, 0.15) is 0 Å². The number of fused-ring (bicyclic) bond motifs is 1. The molecule has 5 nitrogen and oxygen atoms in total. The monoisotopic (exact) mass is 462 g/mol. The van der Waals surface area contributed by atoms with E-state index in [0.29, 0.717) is 33.7 Å². The average Bonchev–Trinajstić information content (AvgIpc) is 2.99. The number of benzene rings is 1. The van der Waals surface area contributed by atoms with Gasteiger partial charge in [0, 0.05) is 19.2 Å². The van der Waals surface area contributed by atoms with E-state index in [-0.39, 0.29) is 5.69 Å². The van der Waals surface area contributed by atoms with Gasteiger partial charge in [-0.05, 0) is 18.2 Å². The molecule has 0 fully saturated rings. The van der Waals surface area contributed by atoms with Crippen LogP contribution in [0.5, 0.6) is 0 Å². The summed E-state index contributed by atoms with van der Waals surface area (Å²) in [4.78, 5) is 16.1. The minimum atomic E-state index is -5.56. The summed E-state index contributed by atoms with van der Waals surface area (Å²) in [6, 6.07) is 4.32. The molecule has 1 aromatic heterocycles. The standard InChI is InChI=1S/C16H16F6N2O3S2/c1-26-4-5-27-8-28-14-24-10-3-2-9(6-11(10)29-14)23-13(25)7-12(15(17,18)19)16(20,21)22/h2-3,6,12H,4-5,7-8H2,1H3,(H,23,25). The summed E-state index contributed by atoms with van der Waals surface area (Å²) in [5.41, 5.74) is 0.665. The van der Waals surface area contributed by atoms with Gasteiger partial charge in [0.05, 0.1) is 29.4 Å². The second kappa shape index (κ2) is 9.96. The molecule has 162 valence electrons. The molecule has 0 aliphatic carbocycles. The zero-order valence-electron chi connectivity index (χ0n) is 14.9. The Kier molecular flexibility index (Phi) is 8.14. The van der Waals surface area contributed by atoms with Crippen LogP contribution in [0.25, 0.3) is 10.2 Å². The number of thiazole rings is 1. The van der Waals surface area contributed by atoms with Crippen molar-refractivity contribution >= 4 is 44.9 Å². The van der Waals surface area contributed by atoms with Crippen molar-refractivity contribution in [2.45, 2.75) is 23.1 Å². The molecule has 0 aliphatic rings. The second-order valence-corrected chi connectivity index (χ2v) is 7.91. The minimum Gasteiger partial charge on any atom is -0.382 e. The zero-order valence-corrected chi connectivity index (χ0v) is 16.5. The van der Waals surface area contributed by atoms with Gasteiger partial charge in [-0.15, -0.1) is 11.3 Å². The van der Waals surface area contributed by atoms with Crippen LogP contribution in [0.3, 0.4) is 0 Å². The minimum absolute atomic E-state index is 0.0853. The lowest BCUT2D eigenvalue weighted by atomic mass is 10.0. The van der Waals surface area contributed by atoms with E-state index in [9.17, 15) is 31.1 Å². The van der Waals surface area contributed by atoms with E-state index in [2.05, 4.69) is 10.3 Å². The van der Waals surface area contributed by atoms with Gasteiger partial charge >= 0.3 is 12.4 Å². The van der Waals surface area contributed by atoms with Crippen molar-refractivity contribution in [1.29, 1.82) is 0 Å². The van der Waals surface area contributed by atoms with Crippen molar-refractivity contribution in [2.24, 2.45) is 5.92 Å². The van der Waals surface area contributed by atoms with Crippen LogP contribution in [0.1, 0.15) is 6.42 Å². The van der Waals surface area contributed by atoms with Crippen molar-refractivity contribution in [3.05, 3.63) is 18.2 Å². The highest BCUT2D eigenvalue weighted by Crippen LogP contribution is 2.41. The second-order valence-electron chi connectivity index (χ2n) is 5.71. The number of halogens is 6. The number of carbonyl (C=O) groups is 1. The number of hydrogen-bond acceptors (Lipinski definition) is 6. The van der Waals surface area contributed by atoms with Crippen LogP contribution in [0, 0.1) is 5.92 Å². The third-order valence-corrected chi connectivity index (χ3v) is 5.57. The first-order valence-electron chi connectivity index (χ1n) is 8.04. The van der Waals surface area contributed by atoms with Gasteiger partial charge in [-0.25, -0.2) is 4.98 Å². The highest BCUT2D eigenvalue weighted by atomic mass is 32.2. The Balaban J connectivity index is 2.00. The maximum atomic E-state index is 12.6. The fourth-order valence-corrected chi connectivity index (χ4v) is 4.00. The number of anilines is 1. The molecule has 2 aromatic rings. The van der Waals surface area contributed by atoms with Gasteiger partial charge in [0.25, 0.3) is 0 Å². The van der Waals surface area contributed by atoms with Crippen LogP contribution in [-0.4, -0.2) is 49.5 Å². The number of alkyl halides is 6. The maximum Gasteiger partial charge on any atom is 0.400 e. The third kappa shape index (κ3) is 7.32. The van der Waals surface area contributed by atoms with E-state index < -0.39 is 30.6 Å². The lowest BCUT2D eigenvalue weighted by Crippen LogP contribution is -2.39. The number of rotatable bonds is 9. The van der Waals surface area contributed by atoms with Crippen molar-refractivity contribution in [1.82, 2.24) is 4.98 Å². The van der Waals surface area contributed by atoms with Crippen LogP contribution >= 0.6 is 23.1 Å². The lowest BCUT2D eigenvalue weighted by molar-refractivity contribution is -0.283. The Bertz CT molecular complexity index is 811. The van der Waals surface area contributed by atoms with E-state index in [0.717, 1.165) is 0 Å². The quantitative estimate of drug-likeness (QED) is 0.244. The number of nitrogens with zero attached hydrogens (tertiary/aromatic N) is 1. The summed E-state index contributed by atoms with van der Waals surface area (Å²) in [5, 5.41) is 2.08. The molecule has 0 radical (unpaired) electrons. The number of amides is 1. The van der Waals surface area contributed by atoms with E-state index in [1.807, 2.05) is 0 Å². The molecule has 1 aromatic carbocycles. The van der Waals surface area contributed by atoms with Crippen molar-refractivity contribution in [3.8, 4) is 0 Å². The average molecular weight is 462 g/mol. The highest BCUT2D eigenvalue weighted by Gasteiger charge is 2.57. The molecule has 0 saturated heterocycles. The number of hydrogen-bond donors (Lipinski definition) is 1. The third-order valence-electron chi connectivity index (χ3n) is 3.53. The predicted molar refractivity (Wildman–Crippen MR) is 97.0 cm³/mol. The molecule has 2 rings (SSSR count). The van der Waals surface area contributed by atoms with E-state index in [4.69, 9.17) is 9.47 Å².